The third-order valence-electron chi connectivity index (χ3n) is 2.12. The van der Waals surface area contributed by atoms with Crippen molar-refractivity contribution in [3.63, 3.8) is 0 Å². The van der Waals surface area contributed by atoms with Crippen molar-refractivity contribution < 1.29 is 4.39 Å². The van der Waals surface area contributed by atoms with E-state index in [1.54, 1.807) is 7.05 Å². The van der Waals surface area contributed by atoms with Crippen molar-refractivity contribution in [1.29, 1.82) is 0 Å². The number of aromatic nitrogens is 5. The van der Waals surface area contributed by atoms with E-state index in [2.05, 4.69) is 15.4 Å². The highest BCUT2D eigenvalue weighted by atomic mass is 19.1. The first-order valence-corrected chi connectivity index (χ1v) is 4.55. The van der Waals surface area contributed by atoms with E-state index < -0.39 is 6.67 Å². The van der Waals surface area contributed by atoms with Crippen molar-refractivity contribution in [1.82, 2.24) is 24.8 Å². The summed E-state index contributed by atoms with van der Waals surface area (Å²) in [4.78, 5) is 11.7. The van der Waals surface area contributed by atoms with Crippen LogP contribution in [0.2, 0.25) is 0 Å². The number of alkyl halides is 1. The Hall–Kier alpha value is -1.79. The van der Waals surface area contributed by atoms with Gasteiger partial charge in [0.1, 0.15) is 5.39 Å². The highest BCUT2D eigenvalue weighted by Crippen LogP contribution is 2.01. The molecule has 0 amide bonds. The van der Waals surface area contributed by atoms with Crippen LogP contribution in [0.1, 0.15) is 6.42 Å². The number of rotatable bonds is 3. The molecule has 0 N–H and O–H groups in total. The van der Waals surface area contributed by atoms with Gasteiger partial charge in [0.25, 0.3) is 5.56 Å². The lowest BCUT2D eigenvalue weighted by Crippen LogP contribution is -2.24. The fourth-order valence-electron chi connectivity index (χ4n) is 1.33. The predicted octanol–water partition coefficient (Wildman–Crippen LogP) is -0.115. The van der Waals surface area contributed by atoms with Crippen LogP contribution in [-0.2, 0) is 13.6 Å². The summed E-state index contributed by atoms with van der Waals surface area (Å²) in [6.07, 6.45) is 1.71. The van der Waals surface area contributed by atoms with Crippen molar-refractivity contribution in [3.05, 3.63) is 16.6 Å². The molecule has 15 heavy (non-hydrogen) atoms. The molecule has 0 aliphatic rings. The Morgan fingerprint density at radius 1 is 1.53 bits per heavy atom. The van der Waals surface area contributed by atoms with Gasteiger partial charge in [-0.2, -0.15) is 5.10 Å². The summed E-state index contributed by atoms with van der Waals surface area (Å²) in [6.45, 7) is -0.230. The maximum Gasteiger partial charge on any atom is 0.280 e. The largest absolute Gasteiger partial charge is 0.280 e. The van der Waals surface area contributed by atoms with Gasteiger partial charge in [-0.3, -0.25) is 9.18 Å². The van der Waals surface area contributed by atoms with Gasteiger partial charge in [0.15, 0.2) is 5.65 Å². The zero-order valence-electron chi connectivity index (χ0n) is 8.22. The van der Waals surface area contributed by atoms with Crippen molar-refractivity contribution in [3.8, 4) is 0 Å². The van der Waals surface area contributed by atoms with Gasteiger partial charge in [0.2, 0.25) is 0 Å². The number of hydrogen-bond acceptors (Lipinski definition) is 4. The molecular weight excluding hydrogens is 201 g/mol. The summed E-state index contributed by atoms with van der Waals surface area (Å²) in [5, 5.41) is 11.9. The Labute approximate surface area is 84.3 Å². The molecule has 0 unspecified atom stereocenters. The van der Waals surface area contributed by atoms with Gasteiger partial charge >= 0.3 is 0 Å². The topological polar surface area (TPSA) is 65.6 Å². The minimum absolute atomic E-state index is 0.243. The lowest BCUT2D eigenvalue weighted by atomic mass is 10.4. The van der Waals surface area contributed by atoms with E-state index in [9.17, 15) is 9.18 Å². The van der Waals surface area contributed by atoms with Crippen LogP contribution in [0.3, 0.4) is 0 Å². The Morgan fingerprint density at radius 3 is 3.07 bits per heavy atom. The zero-order chi connectivity index (χ0) is 10.8. The SMILES string of the molecule is Cn1ncc2c(=O)n(CCCF)nnc21. The van der Waals surface area contributed by atoms with Gasteiger partial charge in [-0.05, 0) is 6.42 Å². The zero-order valence-corrected chi connectivity index (χ0v) is 8.22. The first kappa shape index (κ1) is 9.75. The van der Waals surface area contributed by atoms with E-state index in [1.807, 2.05) is 0 Å². The number of halogens is 1. The van der Waals surface area contributed by atoms with E-state index in [0.29, 0.717) is 11.0 Å². The number of nitrogens with zero attached hydrogens (tertiary/aromatic N) is 5. The highest BCUT2D eigenvalue weighted by molar-refractivity contribution is 5.72. The van der Waals surface area contributed by atoms with Crippen LogP contribution in [0.15, 0.2) is 11.0 Å². The molecule has 2 heterocycles. The monoisotopic (exact) mass is 211 g/mol. The Morgan fingerprint density at radius 2 is 2.33 bits per heavy atom. The fraction of sp³-hybridized carbons (Fsp3) is 0.500. The number of aryl methyl sites for hydroxylation is 2. The molecule has 0 atom stereocenters. The third kappa shape index (κ3) is 1.60. The summed E-state index contributed by atoms with van der Waals surface area (Å²) >= 11 is 0. The second-order valence-corrected chi connectivity index (χ2v) is 3.17. The van der Waals surface area contributed by atoms with E-state index >= 15 is 0 Å². The normalized spacial score (nSPS) is 11.1. The maximum atomic E-state index is 11.9. The molecule has 2 rings (SSSR count). The van der Waals surface area contributed by atoms with Crippen LogP contribution in [0, 0.1) is 0 Å². The van der Waals surface area contributed by atoms with Crippen molar-refractivity contribution in [2.75, 3.05) is 6.67 Å². The average molecular weight is 211 g/mol. The molecule has 0 bridgehead atoms. The smallest absolute Gasteiger partial charge is 0.267 e. The van der Waals surface area contributed by atoms with Crippen LogP contribution < -0.4 is 5.56 Å². The van der Waals surface area contributed by atoms with Gasteiger partial charge in [-0.25, -0.2) is 9.36 Å². The highest BCUT2D eigenvalue weighted by Gasteiger charge is 2.08. The van der Waals surface area contributed by atoms with Crippen LogP contribution >= 0.6 is 0 Å². The molecule has 0 aliphatic carbocycles. The quantitative estimate of drug-likeness (QED) is 0.710. The molecule has 2 aromatic heterocycles. The Bertz CT molecular complexity index is 531. The molecule has 0 saturated carbocycles. The third-order valence-corrected chi connectivity index (χ3v) is 2.12. The molecule has 0 aliphatic heterocycles. The second-order valence-electron chi connectivity index (χ2n) is 3.17. The summed E-state index contributed by atoms with van der Waals surface area (Å²) in [5.74, 6) is 0. The Balaban J connectivity index is 2.51. The first-order chi connectivity index (χ1) is 7.24. The summed E-state index contributed by atoms with van der Waals surface area (Å²) in [6, 6.07) is 0. The van der Waals surface area contributed by atoms with Gasteiger partial charge in [0, 0.05) is 13.6 Å². The van der Waals surface area contributed by atoms with Gasteiger partial charge in [0.05, 0.1) is 12.9 Å². The summed E-state index contributed by atoms with van der Waals surface area (Å²) in [7, 11) is 1.68. The van der Waals surface area contributed by atoms with Crippen molar-refractivity contribution in [2.45, 2.75) is 13.0 Å². The number of fused-ring (bicyclic) bond motifs is 1. The molecule has 80 valence electrons. The fourth-order valence-corrected chi connectivity index (χ4v) is 1.33. The average Bonchev–Trinajstić information content (AvgIpc) is 2.61. The minimum Gasteiger partial charge on any atom is -0.267 e. The maximum absolute atomic E-state index is 11.9. The molecule has 0 saturated heterocycles. The molecule has 2 aromatic rings. The molecule has 0 fully saturated rings. The first-order valence-electron chi connectivity index (χ1n) is 4.55. The van der Waals surface area contributed by atoms with Gasteiger partial charge in [-0.1, -0.05) is 5.21 Å². The van der Waals surface area contributed by atoms with Crippen LogP contribution in [0.5, 0.6) is 0 Å². The molecule has 0 spiro atoms. The van der Waals surface area contributed by atoms with Crippen LogP contribution in [0.4, 0.5) is 4.39 Å². The minimum atomic E-state index is -0.473. The second kappa shape index (κ2) is 3.76. The van der Waals surface area contributed by atoms with E-state index in [1.165, 1.54) is 10.9 Å². The van der Waals surface area contributed by atoms with Crippen LogP contribution in [0.25, 0.3) is 11.0 Å². The van der Waals surface area contributed by atoms with E-state index in [-0.39, 0.29) is 18.5 Å². The lowest BCUT2D eigenvalue weighted by molar-refractivity contribution is 0.422. The Kier molecular flexibility index (Phi) is 2.44. The van der Waals surface area contributed by atoms with Crippen molar-refractivity contribution in [2.24, 2.45) is 7.05 Å². The van der Waals surface area contributed by atoms with Gasteiger partial charge < -0.3 is 0 Å². The summed E-state index contributed by atoms with van der Waals surface area (Å²) < 4.78 is 14.6. The molecule has 0 aromatic carbocycles. The van der Waals surface area contributed by atoms with E-state index in [4.69, 9.17) is 0 Å². The summed E-state index contributed by atoms with van der Waals surface area (Å²) in [5.41, 5.74) is 0.165. The predicted molar refractivity (Wildman–Crippen MR) is 51.2 cm³/mol. The molecule has 0 radical (unpaired) electrons. The van der Waals surface area contributed by atoms with Crippen LogP contribution in [-0.4, -0.2) is 31.4 Å². The number of hydrogen-bond donors (Lipinski definition) is 0. The molecule has 6 nitrogen and oxygen atoms in total. The standard InChI is InChI=1S/C8H10FN5O/c1-13-7-6(5-10-13)8(15)14(12-11-7)4-2-3-9/h5H,2-4H2,1H3. The van der Waals surface area contributed by atoms with Crippen molar-refractivity contribution >= 4 is 11.0 Å². The molecule has 7 heteroatoms. The lowest BCUT2D eigenvalue weighted by Gasteiger charge is -2.00. The molecular formula is C8H10FN5O. The van der Waals surface area contributed by atoms with E-state index in [0.717, 1.165) is 4.68 Å². The van der Waals surface area contributed by atoms with Gasteiger partial charge in [-0.15, -0.1) is 5.10 Å².